The van der Waals surface area contributed by atoms with E-state index in [0.717, 1.165) is 25.9 Å². The van der Waals surface area contributed by atoms with Crippen LogP contribution in [0.2, 0.25) is 0 Å². The monoisotopic (exact) mass is 365 g/mol. The standard InChI is InChI=1S/C22H43N3O/c1-4-6-8-9-10-11-12-13-15-17-22(26)24-20(3)25-19-18-23-21(25)16-14-7-5-2/h20H,4-19H2,1-3H3,(H,24,26). The highest BCUT2D eigenvalue weighted by Crippen LogP contribution is 2.13. The second-order valence-corrected chi connectivity index (χ2v) is 7.77. The van der Waals surface area contributed by atoms with Crippen molar-refractivity contribution >= 4 is 11.7 Å². The lowest BCUT2D eigenvalue weighted by atomic mass is 10.1. The number of carbonyl (C=O) groups is 1. The van der Waals surface area contributed by atoms with Crippen molar-refractivity contribution < 1.29 is 4.79 Å². The number of hydrogen-bond acceptors (Lipinski definition) is 3. The Labute approximate surface area is 162 Å². The molecule has 0 saturated carbocycles. The minimum absolute atomic E-state index is 0.0731. The summed E-state index contributed by atoms with van der Waals surface area (Å²) in [5, 5.41) is 3.17. The number of nitrogens with one attached hydrogen (secondary N) is 1. The number of hydrogen-bond donors (Lipinski definition) is 1. The zero-order valence-electron chi connectivity index (χ0n) is 17.7. The maximum Gasteiger partial charge on any atom is 0.221 e. The molecule has 1 N–H and O–H groups in total. The molecule has 4 heteroatoms. The Balaban J connectivity index is 2.08. The Hall–Kier alpha value is -1.06. The van der Waals surface area contributed by atoms with Crippen molar-refractivity contribution in [1.82, 2.24) is 10.2 Å². The molecule has 4 nitrogen and oxygen atoms in total. The first-order chi connectivity index (χ1) is 12.7. The van der Waals surface area contributed by atoms with Crippen molar-refractivity contribution in [3.8, 4) is 0 Å². The summed E-state index contributed by atoms with van der Waals surface area (Å²) in [6.07, 6.45) is 17.1. The van der Waals surface area contributed by atoms with Crippen LogP contribution in [0.3, 0.4) is 0 Å². The summed E-state index contributed by atoms with van der Waals surface area (Å²) in [5.74, 6) is 1.38. The van der Waals surface area contributed by atoms with Gasteiger partial charge in [-0.1, -0.05) is 78.1 Å². The van der Waals surface area contributed by atoms with Gasteiger partial charge in [-0.25, -0.2) is 0 Å². The summed E-state index contributed by atoms with van der Waals surface area (Å²) in [5.41, 5.74) is 0. The highest BCUT2D eigenvalue weighted by molar-refractivity contribution is 5.84. The van der Waals surface area contributed by atoms with E-state index >= 15 is 0 Å². The molecule has 1 unspecified atom stereocenters. The fourth-order valence-corrected chi connectivity index (χ4v) is 3.66. The average Bonchev–Trinajstić information content (AvgIpc) is 3.09. The van der Waals surface area contributed by atoms with Gasteiger partial charge in [-0.15, -0.1) is 0 Å². The highest BCUT2D eigenvalue weighted by Gasteiger charge is 2.22. The second-order valence-electron chi connectivity index (χ2n) is 7.77. The van der Waals surface area contributed by atoms with E-state index in [1.54, 1.807) is 0 Å². The molecule has 1 aliphatic heterocycles. The normalized spacial score (nSPS) is 15.2. The van der Waals surface area contributed by atoms with Crippen molar-refractivity contribution in [3.05, 3.63) is 0 Å². The molecule has 0 aliphatic carbocycles. The molecule has 1 aliphatic rings. The van der Waals surface area contributed by atoms with Crippen LogP contribution < -0.4 is 5.32 Å². The zero-order valence-corrected chi connectivity index (χ0v) is 17.7. The largest absolute Gasteiger partial charge is 0.338 e. The fraction of sp³-hybridized carbons (Fsp3) is 0.909. The predicted molar refractivity (Wildman–Crippen MR) is 113 cm³/mol. The number of aliphatic imine (C=N–C) groups is 1. The van der Waals surface area contributed by atoms with Crippen molar-refractivity contribution in [1.29, 1.82) is 0 Å². The van der Waals surface area contributed by atoms with E-state index in [4.69, 9.17) is 0 Å². The van der Waals surface area contributed by atoms with E-state index in [0.29, 0.717) is 6.42 Å². The fourth-order valence-electron chi connectivity index (χ4n) is 3.66. The van der Waals surface area contributed by atoms with E-state index in [1.807, 2.05) is 0 Å². The predicted octanol–water partition coefficient (Wildman–Crippen LogP) is 5.66. The number of amidine groups is 1. The molecule has 0 saturated heterocycles. The third-order valence-corrected chi connectivity index (χ3v) is 5.32. The SMILES string of the molecule is CCCCCCCCCCCC(=O)NC(C)N1CCN=C1CCCCC. The van der Waals surface area contributed by atoms with Crippen LogP contribution in [0.1, 0.15) is 111 Å². The first kappa shape index (κ1) is 23.0. The van der Waals surface area contributed by atoms with Crippen LogP contribution in [0, 0.1) is 0 Å². The molecule has 1 atom stereocenters. The lowest BCUT2D eigenvalue weighted by Gasteiger charge is -2.28. The number of unbranched alkanes of at least 4 members (excludes halogenated alkanes) is 10. The van der Waals surface area contributed by atoms with Gasteiger partial charge in [-0.2, -0.15) is 0 Å². The van der Waals surface area contributed by atoms with Crippen LogP contribution in [-0.2, 0) is 4.79 Å². The topological polar surface area (TPSA) is 44.7 Å². The van der Waals surface area contributed by atoms with Gasteiger partial charge in [0.15, 0.2) is 0 Å². The maximum absolute atomic E-state index is 12.2. The van der Waals surface area contributed by atoms with Gasteiger partial charge in [0, 0.05) is 19.4 Å². The lowest BCUT2D eigenvalue weighted by molar-refractivity contribution is -0.122. The first-order valence-corrected chi connectivity index (χ1v) is 11.3. The Kier molecular flexibility index (Phi) is 13.3. The maximum atomic E-state index is 12.2. The van der Waals surface area contributed by atoms with Crippen LogP contribution in [0.4, 0.5) is 0 Å². The van der Waals surface area contributed by atoms with Crippen molar-refractivity contribution in [3.63, 3.8) is 0 Å². The van der Waals surface area contributed by atoms with Gasteiger partial charge < -0.3 is 10.2 Å². The van der Waals surface area contributed by atoms with Crippen molar-refractivity contribution in [2.24, 2.45) is 4.99 Å². The van der Waals surface area contributed by atoms with Gasteiger partial charge in [0.05, 0.1) is 12.7 Å². The molecule has 1 amide bonds. The smallest absolute Gasteiger partial charge is 0.221 e. The van der Waals surface area contributed by atoms with E-state index in [1.165, 1.54) is 76.5 Å². The number of carbonyl (C=O) groups excluding carboxylic acids is 1. The molecule has 0 bridgehead atoms. The lowest BCUT2D eigenvalue weighted by Crippen LogP contribution is -2.47. The molecule has 0 aromatic carbocycles. The van der Waals surface area contributed by atoms with E-state index < -0.39 is 0 Å². The summed E-state index contributed by atoms with van der Waals surface area (Å²) in [6.45, 7) is 8.40. The first-order valence-electron chi connectivity index (χ1n) is 11.3. The van der Waals surface area contributed by atoms with Gasteiger partial charge >= 0.3 is 0 Å². The van der Waals surface area contributed by atoms with E-state index in [2.05, 4.69) is 36.0 Å². The second kappa shape index (κ2) is 15.0. The average molecular weight is 366 g/mol. The van der Waals surface area contributed by atoms with Gasteiger partial charge in [0.2, 0.25) is 5.91 Å². The quantitative estimate of drug-likeness (QED) is 0.358. The van der Waals surface area contributed by atoms with Gasteiger partial charge in [-0.3, -0.25) is 9.79 Å². The van der Waals surface area contributed by atoms with Crippen LogP contribution in [0.15, 0.2) is 4.99 Å². The molecule has 0 spiro atoms. The van der Waals surface area contributed by atoms with Crippen LogP contribution in [0.25, 0.3) is 0 Å². The Bertz CT molecular complexity index is 395. The summed E-state index contributed by atoms with van der Waals surface area (Å²) in [7, 11) is 0. The molecule has 1 heterocycles. The third-order valence-electron chi connectivity index (χ3n) is 5.32. The van der Waals surface area contributed by atoms with Gasteiger partial charge in [0.25, 0.3) is 0 Å². The van der Waals surface area contributed by atoms with Gasteiger partial charge in [0.1, 0.15) is 5.84 Å². The molecule has 0 fully saturated rings. The molecule has 26 heavy (non-hydrogen) atoms. The molecular formula is C22H43N3O. The van der Waals surface area contributed by atoms with Crippen LogP contribution in [-0.4, -0.2) is 35.9 Å². The number of rotatable bonds is 16. The van der Waals surface area contributed by atoms with Crippen LogP contribution >= 0.6 is 0 Å². The molecule has 0 radical (unpaired) electrons. The Morgan fingerprint density at radius 3 is 2.19 bits per heavy atom. The molecule has 152 valence electrons. The van der Waals surface area contributed by atoms with Crippen LogP contribution in [0.5, 0.6) is 0 Å². The number of nitrogens with zero attached hydrogens (tertiary/aromatic N) is 2. The highest BCUT2D eigenvalue weighted by atomic mass is 16.1. The van der Waals surface area contributed by atoms with Crippen molar-refractivity contribution in [2.75, 3.05) is 13.1 Å². The molecule has 1 rings (SSSR count). The van der Waals surface area contributed by atoms with Gasteiger partial charge in [-0.05, 0) is 19.8 Å². The van der Waals surface area contributed by atoms with E-state index in [9.17, 15) is 4.79 Å². The zero-order chi connectivity index (χ0) is 19.0. The number of amides is 1. The van der Waals surface area contributed by atoms with Crippen molar-refractivity contribution in [2.45, 2.75) is 117 Å². The minimum Gasteiger partial charge on any atom is -0.338 e. The summed E-state index contributed by atoms with van der Waals surface area (Å²) in [6, 6.07) is 0. The summed E-state index contributed by atoms with van der Waals surface area (Å²) >= 11 is 0. The molecular weight excluding hydrogens is 322 g/mol. The Morgan fingerprint density at radius 2 is 1.54 bits per heavy atom. The minimum atomic E-state index is 0.0731. The molecule has 0 aromatic heterocycles. The molecule has 0 aromatic rings. The Morgan fingerprint density at radius 1 is 0.962 bits per heavy atom. The summed E-state index contributed by atoms with van der Waals surface area (Å²) < 4.78 is 0. The third kappa shape index (κ3) is 10.2. The van der Waals surface area contributed by atoms with E-state index in [-0.39, 0.29) is 12.1 Å². The summed E-state index contributed by atoms with van der Waals surface area (Å²) in [4.78, 5) is 19.1.